The normalized spacial score (nSPS) is 19.6. The molecule has 6 rings (SSSR count). The van der Waals surface area contributed by atoms with Crippen molar-refractivity contribution in [3.05, 3.63) is 51.4 Å². The quantitative estimate of drug-likeness (QED) is 0.101. The molecule has 15 heteroatoms. The summed E-state index contributed by atoms with van der Waals surface area (Å²) in [5.41, 5.74) is 8.61. The molecule has 0 spiro atoms. The fourth-order valence-electron chi connectivity index (χ4n) is 6.81. The Bertz CT molecular complexity index is 1940. The van der Waals surface area contributed by atoms with Gasteiger partial charge in [0.15, 0.2) is 0 Å². The molecule has 0 unspecified atom stereocenters. The highest BCUT2D eigenvalue weighted by Gasteiger charge is 2.56. The number of rotatable bonds is 15. The number of carbonyl (C=O) groups excluding carboxylic acids is 3. The Kier molecular flexibility index (Phi) is 16.9. The molecule has 3 atom stereocenters. The van der Waals surface area contributed by atoms with E-state index in [2.05, 4.69) is 34.9 Å². The number of nitrogens with one attached hydrogen (secondary N) is 3. The molecule has 3 fully saturated rings. The molecule has 5 N–H and O–H groups in total. The van der Waals surface area contributed by atoms with Crippen LogP contribution in [0.15, 0.2) is 35.1 Å². The number of amides is 3. The Hall–Kier alpha value is -3.82. The summed E-state index contributed by atoms with van der Waals surface area (Å²) in [6.45, 7) is 19.4. The van der Waals surface area contributed by atoms with Crippen LogP contribution >= 0.6 is 11.3 Å². The molecule has 13 nitrogen and oxygen atoms in total. The molecule has 3 amide bonds. The lowest BCUT2D eigenvalue weighted by Gasteiger charge is -2.17. The zero-order chi connectivity index (χ0) is 41.1. The number of likely N-dealkylation sites (tertiary alicyclic amines) is 1. The number of nitrogens with two attached hydrogens (primary N) is 1. The summed E-state index contributed by atoms with van der Waals surface area (Å²) in [4.78, 5) is 55.4. The lowest BCUT2D eigenvalue weighted by molar-refractivity contribution is -0.128. The van der Waals surface area contributed by atoms with Crippen molar-refractivity contribution in [1.82, 2.24) is 29.5 Å². The fourth-order valence-corrected chi connectivity index (χ4v) is 9.60. The number of sulfonamides is 1. The number of carbonyl (C=O) groups is 3. The van der Waals surface area contributed by atoms with Gasteiger partial charge in [-0.25, -0.2) is 18.2 Å². The molecule has 3 heterocycles. The number of imidazole rings is 1. The minimum atomic E-state index is -3.76. The number of allylic oxidation sites excluding steroid dienone is 1. The third kappa shape index (κ3) is 10.9. The molecule has 3 aliphatic rings. The van der Waals surface area contributed by atoms with Gasteiger partial charge in [0.2, 0.25) is 18.2 Å². The van der Waals surface area contributed by atoms with Crippen LogP contribution in [-0.4, -0.2) is 70.1 Å². The minimum absolute atomic E-state index is 0.0517. The van der Waals surface area contributed by atoms with E-state index in [1.165, 1.54) is 9.78 Å². The second-order valence-corrected chi connectivity index (χ2v) is 17.4. The summed E-state index contributed by atoms with van der Waals surface area (Å²) in [5, 5.41) is 4.05. The summed E-state index contributed by atoms with van der Waals surface area (Å²) in [6, 6.07) is 5.65. The third-order valence-electron chi connectivity index (χ3n) is 10.0. The zero-order valence-electron chi connectivity index (χ0n) is 34.1. The number of fused-ring (bicyclic) bond motifs is 1. The molecule has 1 saturated heterocycles. The van der Waals surface area contributed by atoms with Gasteiger partial charge in [0, 0.05) is 35.5 Å². The van der Waals surface area contributed by atoms with Gasteiger partial charge in [-0.15, -0.1) is 11.3 Å². The Balaban J connectivity index is 0.000000495. The molecule has 2 aliphatic carbocycles. The summed E-state index contributed by atoms with van der Waals surface area (Å²) in [5.74, 6) is -0.343. The van der Waals surface area contributed by atoms with Crippen LogP contribution in [0.25, 0.3) is 21.6 Å². The molecular formula is C40H63N7O6S2. The molecule has 55 heavy (non-hydrogen) atoms. The van der Waals surface area contributed by atoms with Gasteiger partial charge in [0.1, 0.15) is 15.9 Å². The SMILES string of the molecule is CC.CC.CC[C@@H]1C[C@@H]1C(=O)NS(=O)(=O)C1(NC/C=C/CCc2sc(-c3cccc4c3[nH]c(=O)n4C(C)C)nc2C(C)C)CC1.NC(=O)[C@@H]1CCCN1C=O. The largest absolute Gasteiger partial charge is 0.368 e. The van der Waals surface area contributed by atoms with Crippen LogP contribution in [0.1, 0.15) is 130 Å². The topological polar surface area (TPSA) is 189 Å². The van der Waals surface area contributed by atoms with Crippen LogP contribution in [0.5, 0.6) is 0 Å². The van der Waals surface area contributed by atoms with Crippen molar-refractivity contribution in [3.8, 4) is 10.6 Å². The zero-order valence-corrected chi connectivity index (χ0v) is 35.7. The van der Waals surface area contributed by atoms with Crippen molar-refractivity contribution in [2.24, 2.45) is 17.6 Å². The first-order valence-corrected chi connectivity index (χ1v) is 22.2. The average Bonchev–Trinajstić information content (AvgIpc) is 3.98. The molecule has 1 aromatic carbocycles. The van der Waals surface area contributed by atoms with Gasteiger partial charge in [-0.05, 0) is 82.8 Å². The first-order valence-electron chi connectivity index (χ1n) is 19.9. The van der Waals surface area contributed by atoms with Gasteiger partial charge >= 0.3 is 5.69 Å². The van der Waals surface area contributed by atoms with Crippen LogP contribution in [0, 0.1) is 11.8 Å². The number of nitrogens with zero attached hydrogens (tertiary/aromatic N) is 3. The number of aryl methyl sites for hydroxylation is 1. The first kappa shape index (κ1) is 45.6. The number of hydrogen-bond donors (Lipinski definition) is 4. The molecule has 3 aromatic rings. The standard InChI is InChI=1S/C30H41N5O4S2.C6H10N2O2.2C2H6/c1-6-20-17-22(20)27(36)34-41(38,39)30(14-15-30)31-16-9-7-8-13-24-25(18(2)3)32-28(40-24)21-11-10-12-23-26(21)33-29(37)35(23)19(4)5;7-6(10)5-2-1-3-8(5)4-9;2*1-2/h7,9-12,18-20,22,31H,6,8,13-17H2,1-5H3,(H,33,37)(H,34,36);4-5H,1-3H2,(H2,7,10);2*1-2H3/b9-7+;;;/t20-,22+;5-;;/m10../s1. The predicted molar refractivity (Wildman–Crippen MR) is 222 cm³/mol. The molecule has 2 saturated carbocycles. The fraction of sp³-hybridized carbons (Fsp3) is 0.625. The van der Waals surface area contributed by atoms with Crippen molar-refractivity contribution in [3.63, 3.8) is 0 Å². The van der Waals surface area contributed by atoms with Crippen LogP contribution in [0.3, 0.4) is 0 Å². The van der Waals surface area contributed by atoms with E-state index in [1.54, 1.807) is 15.9 Å². The minimum Gasteiger partial charge on any atom is -0.368 e. The monoisotopic (exact) mass is 801 g/mol. The van der Waals surface area contributed by atoms with Crippen LogP contribution in [0.4, 0.5) is 0 Å². The number of aromatic amines is 1. The van der Waals surface area contributed by atoms with E-state index >= 15 is 0 Å². The molecular weight excluding hydrogens is 739 g/mol. The number of para-hydroxylation sites is 1. The van der Waals surface area contributed by atoms with Gasteiger partial charge in [-0.2, -0.15) is 0 Å². The highest BCUT2D eigenvalue weighted by atomic mass is 32.2. The Labute approximate surface area is 331 Å². The maximum Gasteiger partial charge on any atom is 0.326 e. The van der Waals surface area contributed by atoms with Crippen molar-refractivity contribution in [1.29, 1.82) is 0 Å². The van der Waals surface area contributed by atoms with E-state index in [4.69, 9.17) is 10.7 Å². The summed E-state index contributed by atoms with van der Waals surface area (Å²) in [6.07, 6.45) is 10.6. The molecule has 0 radical (unpaired) electrons. The highest BCUT2D eigenvalue weighted by Crippen LogP contribution is 2.44. The lowest BCUT2D eigenvalue weighted by Crippen LogP contribution is -2.48. The van der Waals surface area contributed by atoms with Crippen LogP contribution in [-0.2, 0) is 30.8 Å². The summed E-state index contributed by atoms with van der Waals surface area (Å²) >= 11 is 1.66. The van der Waals surface area contributed by atoms with Gasteiger partial charge in [0.25, 0.3) is 10.0 Å². The van der Waals surface area contributed by atoms with Crippen molar-refractivity contribution in [2.75, 3.05) is 13.1 Å². The maximum atomic E-state index is 12.9. The maximum absolute atomic E-state index is 12.9. The first-order chi connectivity index (χ1) is 26.2. The van der Waals surface area contributed by atoms with E-state index in [9.17, 15) is 27.6 Å². The van der Waals surface area contributed by atoms with E-state index in [1.807, 2.05) is 72.7 Å². The summed E-state index contributed by atoms with van der Waals surface area (Å²) < 4.78 is 29.8. The van der Waals surface area contributed by atoms with Crippen molar-refractivity contribution in [2.45, 2.75) is 137 Å². The van der Waals surface area contributed by atoms with Crippen LogP contribution < -0.4 is 21.5 Å². The number of H-pyrrole nitrogens is 1. The number of thiazole rings is 1. The van der Waals surface area contributed by atoms with Gasteiger partial charge in [0.05, 0.1) is 16.7 Å². The van der Waals surface area contributed by atoms with Crippen molar-refractivity contribution >= 4 is 50.6 Å². The predicted octanol–water partition coefficient (Wildman–Crippen LogP) is 6.36. The Morgan fingerprint density at radius 1 is 1.13 bits per heavy atom. The number of hydrogen-bond acceptors (Lipinski definition) is 9. The second kappa shape index (κ2) is 20.4. The number of primary amides is 1. The van der Waals surface area contributed by atoms with Gasteiger partial charge in [-0.1, -0.05) is 73.1 Å². The van der Waals surface area contributed by atoms with Crippen LogP contribution in [0.2, 0.25) is 0 Å². The molecule has 0 bridgehead atoms. The molecule has 1 aliphatic heterocycles. The van der Waals surface area contributed by atoms with Crippen molar-refractivity contribution < 1.29 is 22.8 Å². The molecule has 2 aromatic heterocycles. The highest BCUT2D eigenvalue weighted by molar-refractivity contribution is 7.91. The average molecular weight is 802 g/mol. The van der Waals surface area contributed by atoms with Gasteiger partial charge in [-0.3, -0.25) is 29.0 Å². The van der Waals surface area contributed by atoms with Gasteiger partial charge < -0.3 is 15.6 Å². The summed E-state index contributed by atoms with van der Waals surface area (Å²) in [7, 11) is -3.76. The lowest BCUT2D eigenvalue weighted by atomic mass is 10.1. The smallest absolute Gasteiger partial charge is 0.326 e. The van der Waals surface area contributed by atoms with E-state index in [0.29, 0.717) is 44.7 Å². The number of aromatic nitrogens is 3. The third-order valence-corrected chi connectivity index (χ3v) is 13.2. The van der Waals surface area contributed by atoms with E-state index < -0.39 is 20.8 Å². The van der Waals surface area contributed by atoms with E-state index in [-0.39, 0.29) is 35.5 Å². The Morgan fingerprint density at radius 2 is 1.82 bits per heavy atom. The Morgan fingerprint density at radius 3 is 2.36 bits per heavy atom. The van der Waals surface area contributed by atoms with E-state index in [0.717, 1.165) is 59.4 Å². The second-order valence-electron chi connectivity index (χ2n) is 14.3. The molecule has 306 valence electrons. The number of benzene rings is 1.